The first-order chi connectivity index (χ1) is 17.8. The summed E-state index contributed by atoms with van der Waals surface area (Å²) in [5.41, 5.74) is 4.30. The first-order valence-corrected chi connectivity index (χ1v) is 11.5. The number of nitrogens with one attached hydrogen (secondary N) is 1. The molecule has 9 heteroatoms. The van der Waals surface area contributed by atoms with Crippen molar-refractivity contribution in [1.82, 2.24) is 14.8 Å². The van der Waals surface area contributed by atoms with Gasteiger partial charge in [-0.2, -0.15) is 5.10 Å². The number of pyridine rings is 1. The molecule has 5 aromatic rings. The number of rotatable bonds is 6. The number of amides is 1. The number of aromatic nitrogens is 3. The standard InChI is InChI=1S/C28H23N5O4/c1-17-8-9-18(2)27(10-17)37-22-12-20(11-21(13-22)33(35)36)30-28(34)24-14-26(19-15-29-32(3)16-19)31-25-7-5-4-6-23(24)25/h4-16H,1-3H3,(H,30,34). The normalized spacial score (nSPS) is 10.9. The Morgan fingerprint density at radius 3 is 2.62 bits per heavy atom. The van der Waals surface area contributed by atoms with Crippen LogP contribution in [0.1, 0.15) is 21.5 Å². The second-order valence-electron chi connectivity index (χ2n) is 8.77. The number of para-hydroxylation sites is 1. The molecule has 37 heavy (non-hydrogen) atoms. The SMILES string of the molecule is Cc1ccc(C)c(Oc2cc(NC(=O)c3cc(-c4cnn(C)c4)nc4ccccc34)cc([N+](=O)[O-])c2)c1. The molecule has 0 fully saturated rings. The van der Waals surface area contributed by atoms with Crippen molar-refractivity contribution in [3.05, 3.63) is 106 Å². The van der Waals surface area contributed by atoms with Crippen molar-refractivity contribution in [2.75, 3.05) is 5.32 Å². The average molecular weight is 494 g/mol. The molecule has 2 heterocycles. The van der Waals surface area contributed by atoms with Gasteiger partial charge in [0.05, 0.1) is 39.6 Å². The number of non-ortho nitro benzene ring substituents is 1. The molecule has 0 radical (unpaired) electrons. The third-order valence-electron chi connectivity index (χ3n) is 5.89. The second kappa shape index (κ2) is 9.54. The zero-order chi connectivity index (χ0) is 26.1. The lowest BCUT2D eigenvalue weighted by Gasteiger charge is -2.13. The number of nitro benzene ring substituents is 1. The van der Waals surface area contributed by atoms with Gasteiger partial charge in [0, 0.05) is 36.3 Å². The van der Waals surface area contributed by atoms with Gasteiger partial charge < -0.3 is 10.1 Å². The Labute approximate surface area is 212 Å². The van der Waals surface area contributed by atoms with Crippen LogP contribution in [0.15, 0.2) is 79.1 Å². The third-order valence-corrected chi connectivity index (χ3v) is 5.89. The number of hydrogen-bond donors (Lipinski definition) is 1. The first-order valence-electron chi connectivity index (χ1n) is 11.5. The molecule has 0 aliphatic carbocycles. The Morgan fingerprint density at radius 2 is 1.86 bits per heavy atom. The highest BCUT2D eigenvalue weighted by atomic mass is 16.6. The van der Waals surface area contributed by atoms with Gasteiger partial charge in [0.25, 0.3) is 11.6 Å². The van der Waals surface area contributed by atoms with E-state index in [4.69, 9.17) is 4.74 Å². The van der Waals surface area contributed by atoms with E-state index in [0.29, 0.717) is 27.9 Å². The van der Waals surface area contributed by atoms with Crippen LogP contribution >= 0.6 is 0 Å². The average Bonchev–Trinajstić information content (AvgIpc) is 3.31. The number of carbonyl (C=O) groups excluding carboxylic acids is 1. The van der Waals surface area contributed by atoms with Crippen molar-refractivity contribution in [1.29, 1.82) is 0 Å². The second-order valence-corrected chi connectivity index (χ2v) is 8.77. The van der Waals surface area contributed by atoms with Crippen LogP contribution in [0.4, 0.5) is 11.4 Å². The predicted octanol–water partition coefficient (Wildman–Crippen LogP) is 6.20. The summed E-state index contributed by atoms with van der Waals surface area (Å²) in [6.45, 7) is 3.83. The summed E-state index contributed by atoms with van der Waals surface area (Å²) in [5, 5.41) is 19.3. The van der Waals surface area contributed by atoms with Crippen LogP contribution in [0, 0.1) is 24.0 Å². The van der Waals surface area contributed by atoms with E-state index < -0.39 is 10.8 Å². The fourth-order valence-corrected chi connectivity index (χ4v) is 4.03. The van der Waals surface area contributed by atoms with Crippen molar-refractivity contribution in [2.45, 2.75) is 13.8 Å². The minimum atomic E-state index is -0.520. The summed E-state index contributed by atoms with van der Waals surface area (Å²) in [5.74, 6) is 0.398. The van der Waals surface area contributed by atoms with Crippen LogP contribution in [0.3, 0.4) is 0 Å². The fourth-order valence-electron chi connectivity index (χ4n) is 4.03. The van der Waals surface area contributed by atoms with Gasteiger partial charge in [-0.05, 0) is 43.2 Å². The maximum atomic E-state index is 13.5. The summed E-state index contributed by atoms with van der Waals surface area (Å²) >= 11 is 0. The molecule has 9 nitrogen and oxygen atoms in total. The third kappa shape index (κ3) is 5.01. The van der Waals surface area contributed by atoms with E-state index in [2.05, 4.69) is 15.4 Å². The quantitative estimate of drug-likeness (QED) is 0.222. The van der Waals surface area contributed by atoms with Crippen molar-refractivity contribution in [3.63, 3.8) is 0 Å². The Kier molecular flexibility index (Phi) is 6.10. The van der Waals surface area contributed by atoms with E-state index in [0.717, 1.165) is 16.7 Å². The first kappa shape index (κ1) is 23.7. The number of hydrogen-bond acceptors (Lipinski definition) is 6. The fraction of sp³-hybridized carbons (Fsp3) is 0.107. The monoisotopic (exact) mass is 493 g/mol. The predicted molar refractivity (Wildman–Crippen MR) is 141 cm³/mol. The summed E-state index contributed by atoms with van der Waals surface area (Å²) in [7, 11) is 1.80. The molecule has 0 atom stereocenters. The number of carbonyl (C=O) groups is 1. The zero-order valence-electron chi connectivity index (χ0n) is 20.4. The molecule has 1 amide bonds. The van der Waals surface area contributed by atoms with Crippen LogP contribution in [0.2, 0.25) is 0 Å². The molecule has 0 saturated heterocycles. The van der Waals surface area contributed by atoms with Crippen LogP contribution in [-0.4, -0.2) is 25.6 Å². The van der Waals surface area contributed by atoms with Gasteiger partial charge in [0.15, 0.2) is 0 Å². The van der Waals surface area contributed by atoms with Gasteiger partial charge in [0.2, 0.25) is 0 Å². The van der Waals surface area contributed by atoms with Crippen LogP contribution < -0.4 is 10.1 Å². The molecule has 3 aromatic carbocycles. The highest BCUT2D eigenvalue weighted by Crippen LogP contribution is 2.32. The van der Waals surface area contributed by atoms with E-state index in [1.54, 1.807) is 30.1 Å². The number of fused-ring (bicyclic) bond motifs is 1. The Bertz CT molecular complexity index is 1680. The molecular formula is C28H23N5O4. The van der Waals surface area contributed by atoms with Crippen molar-refractivity contribution in [3.8, 4) is 22.8 Å². The number of anilines is 1. The number of nitrogens with zero attached hydrogens (tertiary/aromatic N) is 4. The van der Waals surface area contributed by atoms with Crippen LogP contribution in [0.5, 0.6) is 11.5 Å². The van der Waals surface area contributed by atoms with E-state index in [9.17, 15) is 14.9 Å². The van der Waals surface area contributed by atoms with Gasteiger partial charge in [0.1, 0.15) is 11.5 Å². The van der Waals surface area contributed by atoms with Crippen molar-refractivity contribution >= 4 is 28.2 Å². The van der Waals surface area contributed by atoms with Gasteiger partial charge in [-0.25, -0.2) is 4.98 Å². The lowest BCUT2D eigenvalue weighted by molar-refractivity contribution is -0.384. The van der Waals surface area contributed by atoms with Crippen molar-refractivity contribution < 1.29 is 14.5 Å². The smallest absolute Gasteiger partial charge is 0.275 e. The largest absolute Gasteiger partial charge is 0.457 e. The highest BCUT2D eigenvalue weighted by Gasteiger charge is 2.18. The van der Waals surface area contributed by atoms with Gasteiger partial charge in [-0.1, -0.05) is 30.3 Å². The van der Waals surface area contributed by atoms with Crippen LogP contribution in [0.25, 0.3) is 22.2 Å². The van der Waals surface area contributed by atoms with Gasteiger partial charge in [-0.15, -0.1) is 0 Å². The minimum Gasteiger partial charge on any atom is -0.457 e. The van der Waals surface area contributed by atoms with E-state index in [-0.39, 0.29) is 17.1 Å². The summed E-state index contributed by atoms with van der Waals surface area (Å²) in [4.78, 5) is 29.3. The summed E-state index contributed by atoms with van der Waals surface area (Å²) in [6, 6.07) is 18.9. The number of aryl methyl sites for hydroxylation is 3. The highest BCUT2D eigenvalue weighted by molar-refractivity contribution is 6.13. The molecule has 0 spiro atoms. The maximum Gasteiger partial charge on any atom is 0.275 e. The maximum absolute atomic E-state index is 13.5. The number of nitro groups is 1. The Morgan fingerprint density at radius 1 is 1.05 bits per heavy atom. The molecule has 2 aromatic heterocycles. The Balaban J connectivity index is 1.53. The van der Waals surface area contributed by atoms with Crippen LogP contribution in [-0.2, 0) is 7.05 Å². The lowest BCUT2D eigenvalue weighted by atomic mass is 10.0. The Hall–Kier alpha value is -5.05. The molecule has 5 rings (SSSR count). The van der Waals surface area contributed by atoms with Crippen molar-refractivity contribution in [2.24, 2.45) is 7.05 Å². The molecule has 184 valence electrons. The molecule has 1 N–H and O–H groups in total. The van der Waals surface area contributed by atoms with E-state index in [1.807, 2.05) is 62.5 Å². The molecule has 0 unspecified atom stereocenters. The molecule has 0 bridgehead atoms. The number of benzene rings is 3. The van der Waals surface area contributed by atoms with E-state index in [1.165, 1.54) is 12.1 Å². The lowest BCUT2D eigenvalue weighted by Crippen LogP contribution is -2.13. The summed E-state index contributed by atoms with van der Waals surface area (Å²) in [6.07, 6.45) is 3.49. The molecule has 0 aliphatic rings. The van der Waals surface area contributed by atoms with Gasteiger partial charge in [-0.3, -0.25) is 19.6 Å². The molecule has 0 saturated carbocycles. The van der Waals surface area contributed by atoms with Gasteiger partial charge >= 0.3 is 0 Å². The number of ether oxygens (including phenoxy) is 1. The molecular weight excluding hydrogens is 470 g/mol. The van der Waals surface area contributed by atoms with E-state index >= 15 is 0 Å². The topological polar surface area (TPSA) is 112 Å². The molecule has 0 aliphatic heterocycles. The minimum absolute atomic E-state index is 0.200. The summed E-state index contributed by atoms with van der Waals surface area (Å²) < 4.78 is 7.64. The zero-order valence-corrected chi connectivity index (χ0v) is 20.4.